The molecule has 3 aliphatic carbocycles. The van der Waals surface area contributed by atoms with Crippen molar-refractivity contribution in [1.29, 1.82) is 0 Å². The zero-order valence-electron chi connectivity index (χ0n) is 23.4. The number of ketones is 3. The van der Waals surface area contributed by atoms with Crippen molar-refractivity contribution in [1.82, 2.24) is 10.2 Å². The van der Waals surface area contributed by atoms with Gasteiger partial charge in [-0.25, -0.2) is 0 Å². The molecule has 230 valence electrons. The minimum absolute atomic E-state index is 0.0175. The molecule has 0 saturated heterocycles. The minimum Gasteiger partial charge on any atom is -0.507 e. The van der Waals surface area contributed by atoms with Crippen molar-refractivity contribution >= 4 is 23.3 Å². The standard InChI is InChI=1S/C30H32F3N3O7/c1-36(2)23-18-10-15-9-17-16(14-5-3-13(4-6-14)11-35-12-29(31,32)33)7-8-19(37)21(17)24(38)20(15)26(40)30(18,43)27(41)22(25(23)39)28(34)42/h3-8,15,18,20,22-23,25,35,37,39,43H,9-12H2,1-2H3,(H2,34,42)/t15-,18-,20?,22?,23-,25?,30-/m1/s1. The Kier molecular flexibility index (Phi) is 7.74. The number of aromatic hydroxyl groups is 1. The molecule has 0 bridgehead atoms. The smallest absolute Gasteiger partial charge is 0.401 e. The maximum absolute atomic E-state index is 13.9. The first-order valence-corrected chi connectivity index (χ1v) is 13.8. The predicted molar refractivity (Wildman–Crippen MR) is 146 cm³/mol. The molecular weight excluding hydrogens is 571 g/mol. The van der Waals surface area contributed by atoms with Gasteiger partial charge in [-0.2, -0.15) is 13.2 Å². The number of benzene rings is 2. The number of fused-ring (bicyclic) bond motifs is 3. The van der Waals surface area contributed by atoms with Crippen molar-refractivity contribution in [3.05, 3.63) is 53.1 Å². The molecule has 1 amide bonds. The molecule has 7 atom stereocenters. The number of likely N-dealkylation sites (N-methyl/N-ethyl adjacent to an activating group) is 1. The maximum Gasteiger partial charge on any atom is 0.401 e. The number of carbonyl (C=O) groups is 4. The highest BCUT2D eigenvalue weighted by Gasteiger charge is 2.69. The molecular formula is C30H32F3N3O7. The molecule has 3 unspecified atom stereocenters. The van der Waals surface area contributed by atoms with Crippen LogP contribution in [0.25, 0.3) is 11.1 Å². The van der Waals surface area contributed by atoms with Gasteiger partial charge in [0.25, 0.3) is 0 Å². The van der Waals surface area contributed by atoms with Gasteiger partial charge < -0.3 is 31.3 Å². The summed E-state index contributed by atoms with van der Waals surface area (Å²) >= 11 is 0. The van der Waals surface area contributed by atoms with E-state index in [9.17, 15) is 47.7 Å². The number of hydrogen-bond acceptors (Lipinski definition) is 9. The van der Waals surface area contributed by atoms with Crippen LogP contribution in [-0.2, 0) is 27.3 Å². The number of alkyl halides is 3. The number of amides is 1. The van der Waals surface area contributed by atoms with E-state index in [0.717, 1.165) is 0 Å². The van der Waals surface area contributed by atoms with Crippen molar-refractivity contribution in [2.24, 2.45) is 29.4 Å². The Morgan fingerprint density at radius 1 is 1.09 bits per heavy atom. The van der Waals surface area contributed by atoms with Gasteiger partial charge in [0.2, 0.25) is 5.91 Å². The summed E-state index contributed by atoms with van der Waals surface area (Å²) in [4.78, 5) is 54.9. The summed E-state index contributed by atoms with van der Waals surface area (Å²) in [5, 5.41) is 35.7. The number of nitrogens with two attached hydrogens (primary N) is 1. The monoisotopic (exact) mass is 603 g/mol. The summed E-state index contributed by atoms with van der Waals surface area (Å²) in [6, 6.07) is 8.53. The Balaban J connectivity index is 1.52. The van der Waals surface area contributed by atoms with Gasteiger partial charge in [-0.15, -0.1) is 0 Å². The van der Waals surface area contributed by atoms with Crippen molar-refractivity contribution in [3.63, 3.8) is 0 Å². The predicted octanol–water partition coefficient (Wildman–Crippen LogP) is 0.978. The summed E-state index contributed by atoms with van der Waals surface area (Å²) in [5.74, 6) is -9.85. The number of nitrogens with one attached hydrogen (secondary N) is 1. The molecule has 3 aliphatic rings. The number of aliphatic hydroxyl groups is 2. The van der Waals surface area contributed by atoms with E-state index in [1.165, 1.54) is 11.0 Å². The first-order valence-electron chi connectivity index (χ1n) is 13.8. The van der Waals surface area contributed by atoms with Crippen LogP contribution < -0.4 is 11.1 Å². The Hall–Kier alpha value is -3.65. The first-order chi connectivity index (χ1) is 20.1. The fourth-order valence-electron chi connectivity index (χ4n) is 7.24. The van der Waals surface area contributed by atoms with E-state index in [2.05, 4.69) is 5.32 Å². The summed E-state index contributed by atoms with van der Waals surface area (Å²) in [6.45, 7) is -1.16. The maximum atomic E-state index is 13.9. The van der Waals surface area contributed by atoms with Crippen molar-refractivity contribution < 1.29 is 47.7 Å². The fourth-order valence-corrected chi connectivity index (χ4v) is 7.24. The molecule has 0 aromatic heterocycles. The van der Waals surface area contributed by atoms with Gasteiger partial charge in [-0.3, -0.25) is 19.2 Å². The van der Waals surface area contributed by atoms with Crippen LogP contribution >= 0.6 is 0 Å². The average Bonchev–Trinajstić information content (AvgIpc) is 2.90. The molecule has 0 aliphatic heterocycles. The zero-order chi connectivity index (χ0) is 31.6. The normalized spacial score (nSPS) is 30.6. The van der Waals surface area contributed by atoms with Gasteiger partial charge in [0.15, 0.2) is 23.0 Å². The lowest BCUT2D eigenvalue weighted by atomic mass is 9.52. The number of Topliss-reactive ketones (excluding diaryl/α,β-unsaturated/α-hetero) is 3. The van der Waals surface area contributed by atoms with E-state index < -0.39 is 77.4 Å². The van der Waals surface area contributed by atoms with Gasteiger partial charge >= 0.3 is 6.18 Å². The van der Waals surface area contributed by atoms with Gasteiger partial charge in [-0.05, 0) is 61.2 Å². The lowest BCUT2D eigenvalue weighted by Gasteiger charge is -2.54. The number of hydrogen-bond donors (Lipinski definition) is 5. The van der Waals surface area contributed by atoms with E-state index in [-0.39, 0.29) is 30.7 Å². The molecule has 0 spiro atoms. The number of nitrogens with zero attached hydrogens (tertiary/aromatic N) is 1. The van der Waals surface area contributed by atoms with Crippen LogP contribution in [0.15, 0.2) is 36.4 Å². The molecule has 2 aromatic carbocycles. The van der Waals surface area contributed by atoms with E-state index in [1.807, 2.05) is 0 Å². The third kappa shape index (κ3) is 5.03. The van der Waals surface area contributed by atoms with Crippen LogP contribution in [0, 0.1) is 23.7 Å². The minimum atomic E-state index is -4.34. The number of rotatable bonds is 6. The summed E-state index contributed by atoms with van der Waals surface area (Å²) < 4.78 is 37.4. The number of phenols is 1. The third-order valence-corrected chi connectivity index (χ3v) is 9.09. The van der Waals surface area contributed by atoms with E-state index >= 15 is 0 Å². The van der Waals surface area contributed by atoms with Crippen LogP contribution in [0.1, 0.15) is 27.9 Å². The number of primary amides is 1. The van der Waals surface area contributed by atoms with E-state index in [4.69, 9.17) is 5.73 Å². The number of phenolic OH excluding ortho intramolecular Hbond substituents is 1. The lowest BCUT2D eigenvalue weighted by molar-refractivity contribution is -0.190. The molecule has 43 heavy (non-hydrogen) atoms. The van der Waals surface area contributed by atoms with Gasteiger partial charge in [0.05, 0.1) is 24.1 Å². The molecule has 2 aromatic rings. The van der Waals surface area contributed by atoms with E-state index in [1.54, 1.807) is 44.4 Å². The molecule has 2 saturated carbocycles. The highest BCUT2D eigenvalue weighted by atomic mass is 19.4. The molecule has 0 heterocycles. The van der Waals surface area contributed by atoms with Crippen molar-refractivity contribution in [3.8, 4) is 16.9 Å². The summed E-state index contributed by atoms with van der Waals surface area (Å²) in [6.07, 6.45) is -5.84. The molecule has 10 nitrogen and oxygen atoms in total. The van der Waals surface area contributed by atoms with Crippen LogP contribution in [-0.4, -0.2) is 88.0 Å². The zero-order valence-corrected chi connectivity index (χ0v) is 23.4. The molecule has 0 radical (unpaired) electrons. The van der Waals surface area contributed by atoms with Gasteiger partial charge in [-0.1, -0.05) is 30.3 Å². The number of aliphatic hydroxyl groups excluding tert-OH is 1. The molecule has 13 heteroatoms. The van der Waals surface area contributed by atoms with Crippen LogP contribution in [0.4, 0.5) is 13.2 Å². The van der Waals surface area contributed by atoms with Crippen molar-refractivity contribution in [2.75, 3.05) is 20.6 Å². The second-order valence-corrected chi connectivity index (χ2v) is 11.9. The molecule has 5 rings (SSSR count). The van der Waals surface area contributed by atoms with Gasteiger partial charge in [0, 0.05) is 18.5 Å². The second kappa shape index (κ2) is 10.8. The molecule has 6 N–H and O–H groups in total. The Labute approximate surface area is 244 Å². The van der Waals surface area contributed by atoms with Gasteiger partial charge in [0.1, 0.15) is 11.7 Å². The summed E-state index contributed by atoms with van der Waals surface area (Å²) in [7, 11) is 3.14. The number of carbonyl (C=O) groups excluding carboxylic acids is 4. The Bertz CT molecular complexity index is 1490. The van der Waals surface area contributed by atoms with E-state index in [0.29, 0.717) is 22.3 Å². The third-order valence-electron chi connectivity index (χ3n) is 9.09. The van der Waals surface area contributed by atoms with Crippen LogP contribution in [0.3, 0.4) is 0 Å². The SMILES string of the molecule is CN(C)[C@H]1C(O)C(C(N)=O)C(=O)[C@]2(O)C(=O)C3C(=O)c4c(O)ccc(-c5ccc(CNCC(F)(F)F)cc5)c4C[C@@H]3C[C@H]12. The topological polar surface area (TPSA) is 170 Å². The largest absolute Gasteiger partial charge is 0.507 e. The highest BCUT2D eigenvalue weighted by Crippen LogP contribution is 2.52. The molecule has 2 fully saturated rings. The average molecular weight is 604 g/mol. The Morgan fingerprint density at radius 2 is 1.74 bits per heavy atom. The first kappa shape index (κ1) is 30.8. The lowest BCUT2D eigenvalue weighted by Crippen LogP contribution is -2.75. The van der Waals surface area contributed by atoms with Crippen LogP contribution in [0.2, 0.25) is 0 Å². The quantitative estimate of drug-likeness (QED) is 0.302. The summed E-state index contributed by atoms with van der Waals surface area (Å²) in [5.41, 5.74) is 4.77. The second-order valence-electron chi connectivity index (χ2n) is 11.9. The van der Waals surface area contributed by atoms with Crippen molar-refractivity contribution in [2.45, 2.75) is 43.3 Å². The fraction of sp³-hybridized carbons (Fsp3) is 0.467. The van der Waals surface area contributed by atoms with Crippen LogP contribution in [0.5, 0.6) is 5.75 Å². The highest BCUT2D eigenvalue weighted by molar-refractivity contribution is 6.25. The number of halogens is 3. The Morgan fingerprint density at radius 3 is 2.33 bits per heavy atom.